The molecule has 2 aromatic carbocycles. The Bertz CT molecular complexity index is 1400. The number of likely N-dealkylation sites (N-methyl/N-ethyl adjacent to an activating group) is 2. The van der Waals surface area contributed by atoms with Gasteiger partial charge in [0, 0.05) is 42.4 Å². The predicted octanol–water partition coefficient (Wildman–Crippen LogP) is 4.79. The highest BCUT2D eigenvalue weighted by Gasteiger charge is 2.72. The summed E-state index contributed by atoms with van der Waals surface area (Å²) in [5.74, 6) is 1.00. The van der Waals surface area contributed by atoms with Crippen molar-refractivity contribution in [2.45, 2.75) is 61.6 Å². The van der Waals surface area contributed by atoms with Crippen LogP contribution < -0.4 is 10.1 Å². The SMILES string of the molecule is CN(C)[C@@]12CCC[C@@H]3Oc4c(O)ccc5c4[C@@]31CCN(CCc1ccccc1)[C@@H]2C5.CNC(=O)/C=C/c1ccoc1. The molecule has 1 saturated carbocycles. The number of benzene rings is 2. The van der Waals surface area contributed by atoms with Crippen molar-refractivity contribution in [3.8, 4) is 11.5 Å². The first-order chi connectivity index (χ1) is 19.9. The number of phenolic OH excluding ortho intramolecular Hbond substituents is 1. The predicted molar refractivity (Wildman–Crippen MR) is 160 cm³/mol. The number of likely N-dealkylation sites (tertiary alicyclic amines) is 1. The van der Waals surface area contributed by atoms with Crippen molar-refractivity contribution in [3.05, 3.63) is 89.4 Å². The molecule has 0 unspecified atom stereocenters. The van der Waals surface area contributed by atoms with Gasteiger partial charge in [0.25, 0.3) is 0 Å². The average Bonchev–Trinajstić information content (AvgIpc) is 3.63. The number of rotatable bonds is 6. The number of ether oxygens (including phenoxy) is 1. The minimum Gasteiger partial charge on any atom is -0.504 e. The molecule has 7 nitrogen and oxygen atoms in total. The topological polar surface area (TPSA) is 78.2 Å². The number of amides is 1. The van der Waals surface area contributed by atoms with Gasteiger partial charge in [0.15, 0.2) is 11.5 Å². The number of nitrogens with one attached hydrogen (secondary N) is 1. The molecule has 1 amide bonds. The summed E-state index contributed by atoms with van der Waals surface area (Å²) in [5, 5.41) is 13.1. The van der Waals surface area contributed by atoms with Gasteiger partial charge >= 0.3 is 0 Å². The number of nitrogens with zero attached hydrogens (tertiary/aromatic N) is 2. The Kier molecular flexibility index (Phi) is 7.43. The van der Waals surface area contributed by atoms with Crippen molar-refractivity contribution >= 4 is 12.0 Å². The number of carbonyl (C=O) groups is 1. The van der Waals surface area contributed by atoms with Crippen LogP contribution in [-0.4, -0.2) is 72.7 Å². The molecule has 1 spiro atoms. The Balaban J connectivity index is 0.000000233. The summed E-state index contributed by atoms with van der Waals surface area (Å²) in [6, 6.07) is 17.2. The van der Waals surface area contributed by atoms with Crippen LogP contribution in [0.15, 0.2) is 71.6 Å². The molecule has 41 heavy (non-hydrogen) atoms. The Morgan fingerprint density at radius 1 is 1.17 bits per heavy atom. The highest BCUT2D eigenvalue weighted by atomic mass is 16.5. The number of aromatic hydroxyl groups is 1. The summed E-state index contributed by atoms with van der Waals surface area (Å²) in [7, 11) is 6.15. The van der Waals surface area contributed by atoms with E-state index in [0.717, 1.165) is 50.1 Å². The molecule has 2 aliphatic carbocycles. The molecule has 2 fully saturated rings. The molecular weight excluding hydrogens is 514 g/mol. The van der Waals surface area contributed by atoms with E-state index in [1.54, 1.807) is 31.7 Å². The number of phenols is 1. The highest BCUT2D eigenvalue weighted by Crippen LogP contribution is 2.66. The van der Waals surface area contributed by atoms with E-state index in [4.69, 9.17) is 9.15 Å². The first kappa shape index (κ1) is 27.6. The molecule has 1 aromatic heterocycles. The van der Waals surface area contributed by atoms with Crippen molar-refractivity contribution in [3.63, 3.8) is 0 Å². The third kappa shape index (κ3) is 4.46. The number of carbonyl (C=O) groups excluding carboxylic acids is 1. The monoisotopic (exact) mass is 555 g/mol. The second kappa shape index (κ2) is 11.0. The Labute approximate surface area is 242 Å². The van der Waals surface area contributed by atoms with Crippen LogP contribution in [0.1, 0.15) is 47.9 Å². The van der Waals surface area contributed by atoms with E-state index in [-0.39, 0.29) is 23.0 Å². The first-order valence-electron chi connectivity index (χ1n) is 14.8. The first-order valence-corrected chi connectivity index (χ1v) is 14.8. The normalized spacial score (nSPS) is 27.6. The third-order valence-electron chi connectivity index (χ3n) is 10.0. The second-order valence-corrected chi connectivity index (χ2v) is 12.0. The lowest BCUT2D eigenvalue weighted by atomic mass is 9.47. The fraction of sp³-hybridized carbons (Fsp3) is 0.441. The molecule has 2 aliphatic heterocycles. The van der Waals surface area contributed by atoms with E-state index in [9.17, 15) is 9.90 Å². The molecule has 216 valence electrons. The van der Waals surface area contributed by atoms with Gasteiger partial charge < -0.3 is 24.5 Å². The van der Waals surface area contributed by atoms with Gasteiger partial charge in [0.05, 0.1) is 17.9 Å². The fourth-order valence-corrected chi connectivity index (χ4v) is 8.36. The highest BCUT2D eigenvalue weighted by molar-refractivity contribution is 5.91. The molecule has 0 radical (unpaired) electrons. The summed E-state index contributed by atoms with van der Waals surface area (Å²) in [5.41, 5.74) is 5.12. The summed E-state index contributed by atoms with van der Waals surface area (Å²) >= 11 is 0. The smallest absolute Gasteiger partial charge is 0.243 e. The van der Waals surface area contributed by atoms with Gasteiger partial charge in [-0.3, -0.25) is 9.69 Å². The van der Waals surface area contributed by atoms with Crippen molar-refractivity contribution in [2.75, 3.05) is 34.2 Å². The summed E-state index contributed by atoms with van der Waals surface area (Å²) in [6.07, 6.45) is 13.2. The summed E-state index contributed by atoms with van der Waals surface area (Å²) < 4.78 is 11.4. The van der Waals surface area contributed by atoms with Gasteiger partial charge in [-0.25, -0.2) is 0 Å². The molecule has 2 bridgehead atoms. The summed E-state index contributed by atoms with van der Waals surface area (Å²) in [4.78, 5) is 16.0. The lowest BCUT2D eigenvalue weighted by molar-refractivity contribution is -0.134. The van der Waals surface area contributed by atoms with Crippen LogP contribution in [0.3, 0.4) is 0 Å². The van der Waals surface area contributed by atoms with Crippen LogP contribution in [0.5, 0.6) is 11.5 Å². The van der Waals surface area contributed by atoms with Crippen molar-refractivity contribution in [1.82, 2.24) is 15.1 Å². The van der Waals surface area contributed by atoms with Crippen molar-refractivity contribution < 1.29 is 19.1 Å². The third-order valence-corrected chi connectivity index (χ3v) is 10.0. The lowest BCUT2D eigenvalue weighted by Crippen LogP contribution is -2.79. The maximum Gasteiger partial charge on any atom is 0.243 e. The lowest BCUT2D eigenvalue weighted by Gasteiger charge is -2.68. The fourth-order valence-electron chi connectivity index (χ4n) is 8.36. The molecule has 2 N–H and O–H groups in total. The molecule has 4 aliphatic rings. The van der Waals surface area contributed by atoms with Crippen molar-refractivity contribution in [2.24, 2.45) is 0 Å². The van der Waals surface area contributed by atoms with Crippen LogP contribution in [0.2, 0.25) is 0 Å². The van der Waals surface area contributed by atoms with E-state index >= 15 is 0 Å². The Morgan fingerprint density at radius 3 is 2.73 bits per heavy atom. The quantitative estimate of drug-likeness (QED) is 0.426. The Morgan fingerprint density at radius 2 is 2.00 bits per heavy atom. The maximum absolute atomic E-state index is 10.7. The van der Waals surface area contributed by atoms with Crippen molar-refractivity contribution in [1.29, 1.82) is 0 Å². The molecule has 3 heterocycles. The van der Waals surface area contributed by atoms with Crippen LogP contribution in [-0.2, 0) is 23.1 Å². The molecule has 3 aromatic rings. The zero-order valence-corrected chi connectivity index (χ0v) is 24.3. The van der Waals surface area contributed by atoms with E-state index in [1.165, 1.54) is 35.6 Å². The number of piperidine rings is 1. The minimum absolute atomic E-state index is 0.00429. The number of hydrogen-bond acceptors (Lipinski definition) is 6. The van der Waals surface area contributed by atoms with Gasteiger partial charge in [-0.2, -0.15) is 0 Å². The van der Waals surface area contributed by atoms with Crippen LogP contribution in [0, 0.1) is 0 Å². The molecule has 4 atom stereocenters. The maximum atomic E-state index is 10.7. The van der Waals surface area contributed by atoms with E-state index < -0.39 is 0 Å². The number of hydrogen-bond donors (Lipinski definition) is 2. The van der Waals surface area contributed by atoms with Gasteiger partial charge in [-0.1, -0.05) is 36.4 Å². The zero-order valence-electron chi connectivity index (χ0n) is 24.3. The molecule has 1 saturated heterocycles. The second-order valence-electron chi connectivity index (χ2n) is 12.0. The zero-order chi connectivity index (χ0) is 28.6. The van der Waals surface area contributed by atoms with Gasteiger partial charge in [0.2, 0.25) is 5.91 Å². The number of furan rings is 1. The van der Waals surface area contributed by atoms with E-state index in [2.05, 4.69) is 65.6 Å². The molecule has 7 heteroatoms. The largest absolute Gasteiger partial charge is 0.504 e. The molecular formula is C34H41N3O4. The van der Waals surface area contributed by atoms with E-state index in [0.29, 0.717) is 11.8 Å². The van der Waals surface area contributed by atoms with Crippen LogP contribution >= 0.6 is 0 Å². The van der Waals surface area contributed by atoms with E-state index in [1.807, 2.05) is 6.07 Å². The molecule has 7 rings (SSSR count). The standard InChI is InChI=1S/C26H32N2O2.C8H9NO2/c1-27(2)26-13-6-9-22-25(26)14-16-28(15-12-18-7-4-3-5-8-18)21(26)17-19-10-11-20(29)24(30-22)23(19)25;1-9-8(10)3-2-7-4-5-11-6-7/h3-5,7-8,10-11,21-22,29H,6,9,12-17H2,1-2H3;2-6H,1H3,(H,9,10)/b;3-2+/t21-,22+,25-,26-;/m1./s1. The van der Waals surface area contributed by atoms with Gasteiger partial charge in [0.1, 0.15) is 6.10 Å². The van der Waals surface area contributed by atoms with Crippen LogP contribution in [0.25, 0.3) is 6.08 Å². The van der Waals surface area contributed by atoms with Gasteiger partial charge in [-0.15, -0.1) is 0 Å². The minimum atomic E-state index is -0.119. The van der Waals surface area contributed by atoms with Crippen LogP contribution in [0.4, 0.5) is 0 Å². The van der Waals surface area contributed by atoms with Gasteiger partial charge in [-0.05, 0) is 88.5 Å². The Hall–Kier alpha value is -3.55. The average molecular weight is 556 g/mol. The summed E-state index contributed by atoms with van der Waals surface area (Å²) in [6.45, 7) is 2.22.